The number of thioether (sulfide) groups is 1. The van der Waals surface area contributed by atoms with Crippen molar-refractivity contribution >= 4 is 45.0 Å². The van der Waals surface area contributed by atoms with Crippen LogP contribution in [0.5, 0.6) is 0 Å². The van der Waals surface area contributed by atoms with Gasteiger partial charge >= 0.3 is 5.97 Å². The summed E-state index contributed by atoms with van der Waals surface area (Å²) in [5, 5.41) is 0. The van der Waals surface area contributed by atoms with Gasteiger partial charge in [0, 0.05) is 0 Å². The molecular formula is C10H11BrO2S2. The van der Waals surface area contributed by atoms with Gasteiger partial charge in [0.25, 0.3) is 0 Å². The van der Waals surface area contributed by atoms with Crippen molar-refractivity contribution in [1.29, 1.82) is 0 Å². The van der Waals surface area contributed by atoms with Crippen molar-refractivity contribution in [2.45, 2.75) is 28.2 Å². The van der Waals surface area contributed by atoms with Gasteiger partial charge in [0.15, 0.2) is 0 Å². The second-order valence-corrected chi connectivity index (χ2v) is 7.65. The van der Waals surface area contributed by atoms with Gasteiger partial charge in [-0.1, -0.05) is 11.8 Å². The molecule has 0 saturated heterocycles. The molecule has 15 heavy (non-hydrogen) atoms. The summed E-state index contributed by atoms with van der Waals surface area (Å²) in [4.78, 5) is 11.7. The molecule has 0 bridgehead atoms. The molecule has 0 amide bonds. The van der Waals surface area contributed by atoms with E-state index < -0.39 is 0 Å². The minimum atomic E-state index is -0.307. The topological polar surface area (TPSA) is 26.3 Å². The number of halogens is 1. The average Bonchev–Trinajstić information content (AvgIpc) is 2.56. The first-order valence-corrected chi connectivity index (χ1v) is 7.12. The first-order chi connectivity index (χ1) is 7.16. The molecule has 1 aliphatic rings. The summed E-state index contributed by atoms with van der Waals surface area (Å²) in [5.41, 5.74) is 0. The Hall–Kier alpha value is -0.0000000000000000833. The fraction of sp³-hybridized carbons (Fsp3) is 0.500. The van der Waals surface area contributed by atoms with E-state index in [4.69, 9.17) is 4.74 Å². The van der Waals surface area contributed by atoms with E-state index in [0.29, 0.717) is 0 Å². The Bertz CT molecular complexity index is 371. The van der Waals surface area contributed by atoms with Gasteiger partial charge in [-0.2, -0.15) is 0 Å². The predicted octanol–water partition coefficient (Wildman–Crippen LogP) is 3.70. The Morgan fingerprint density at radius 1 is 1.60 bits per heavy atom. The lowest BCUT2D eigenvalue weighted by Crippen LogP contribution is -2.42. The highest BCUT2D eigenvalue weighted by atomic mass is 79.9. The first kappa shape index (κ1) is 11.5. The van der Waals surface area contributed by atoms with E-state index in [2.05, 4.69) is 15.9 Å². The van der Waals surface area contributed by atoms with Crippen molar-refractivity contribution in [2.24, 2.45) is 0 Å². The molecule has 1 heterocycles. The maximum Gasteiger partial charge on any atom is 0.322 e. The zero-order valence-corrected chi connectivity index (χ0v) is 11.5. The molecule has 0 atom stereocenters. The minimum absolute atomic E-state index is 0.0803. The molecule has 0 radical (unpaired) electrons. The molecule has 0 unspecified atom stereocenters. The Balaban J connectivity index is 2.11. The molecule has 0 N–H and O–H groups in total. The van der Waals surface area contributed by atoms with Gasteiger partial charge in [-0.15, -0.1) is 11.3 Å². The summed E-state index contributed by atoms with van der Waals surface area (Å²) >= 11 is 6.73. The molecule has 1 aromatic heterocycles. The van der Waals surface area contributed by atoms with E-state index in [9.17, 15) is 4.79 Å². The molecule has 0 spiro atoms. The summed E-state index contributed by atoms with van der Waals surface area (Å²) in [6.07, 6.45) is 2.98. The minimum Gasteiger partial charge on any atom is -0.468 e. The van der Waals surface area contributed by atoms with E-state index in [1.807, 2.05) is 12.1 Å². The molecule has 1 saturated carbocycles. The van der Waals surface area contributed by atoms with Gasteiger partial charge in [-0.05, 0) is 47.3 Å². The summed E-state index contributed by atoms with van der Waals surface area (Å²) < 4.78 is 6.84. The third-order valence-corrected chi connectivity index (χ3v) is 5.78. The Morgan fingerprint density at radius 2 is 2.33 bits per heavy atom. The number of rotatable bonds is 3. The average molecular weight is 307 g/mol. The van der Waals surface area contributed by atoms with Gasteiger partial charge in [-0.3, -0.25) is 4.79 Å². The number of thiophene rings is 1. The second-order valence-electron chi connectivity index (χ2n) is 3.50. The molecule has 2 nitrogen and oxygen atoms in total. The number of hydrogen-bond acceptors (Lipinski definition) is 4. The van der Waals surface area contributed by atoms with E-state index in [-0.39, 0.29) is 10.7 Å². The van der Waals surface area contributed by atoms with Crippen LogP contribution < -0.4 is 0 Å². The number of methoxy groups -OCH3 is 1. The number of hydrogen-bond donors (Lipinski definition) is 0. The molecule has 1 aromatic rings. The quantitative estimate of drug-likeness (QED) is 0.797. The molecule has 1 fully saturated rings. The van der Waals surface area contributed by atoms with Crippen molar-refractivity contribution in [3.8, 4) is 0 Å². The van der Waals surface area contributed by atoms with Crippen LogP contribution in [-0.4, -0.2) is 17.8 Å². The summed E-state index contributed by atoms with van der Waals surface area (Å²) in [6.45, 7) is 0. The van der Waals surface area contributed by atoms with Crippen molar-refractivity contribution in [2.75, 3.05) is 7.11 Å². The third kappa shape index (κ3) is 2.24. The van der Waals surface area contributed by atoms with Gasteiger partial charge in [0.1, 0.15) is 4.75 Å². The van der Waals surface area contributed by atoms with E-state index >= 15 is 0 Å². The maximum atomic E-state index is 11.7. The van der Waals surface area contributed by atoms with Crippen LogP contribution in [0.2, 0.25) is 0 Å². The van der Waals surface area contributed by atoms with Crippen LogP contribution in [0.25, 0.3) is 0 Å². The molecule has 0 aromatic carbocycles. The highest BCUT2D eigenvalue weighted by molar-refractivity contribution is 9.11. The van der Waals surface area contributed by atoms with Crippen LogP contribution in [0, 0.1) is 0 Å². The fourth-order valence-electron chi connectivity index (χ4n) is 1.58. The van der Waals surface area contributed by atoms with Crippen LogP contribution in [0.4, 0.5) is 0 Å². The SMILES string of the molecule is COC(=O)C1(Sc2ccc(Br)s2)CCC1. The molecule has 0 aliphatic heterocycles. The smallest absolute Gasteiger partial charge is 0.322 e. The number of ether oxygens (including phenoxy) is 1. The lowest BCUT2D eigenvalue weighted by molar-refractivity contribution is -0.145. The standard InChI is InChI=1S/C10H11BrO2S2/c1-13-9(12)10(5-2-6-10)15-8-4-3-7(11)14-8/h3-4H,2,5-6H2,1H3. The third-order valence-electron chi connectivity index (χ3n) is 2.56. The monoisotopic (exact) mass is 306 g/mol. The lowest BCUT2D eigenvalue weighted by Gasteiger charge is -2.37. The predicted molar refractivity (Wildman–Crippen MR) is 66.5 cm³/mol. The summed E-state index contributed by atoms with van der Waals surface area (Å²) in [5.74, 6) is -0.0803. The molecule has 2 rings (SSSR count). The number of esters is 1. The number of carbonyl (C=O) groups is 1. The van der Waals surface area contributed by atoms with Crippen molar-refractivity contribution in [3.63, 3.8) is 0 Å². The van der Waals surface area contributed by atoms with Crippen LogP contribution >= 0.6 is 39.0 Å². The van der Waals surface area contributed by atoms with E-state index in [1.54, 1.807) is 23.1 Å². The summed E-state index contributed by atoms with van der Waals surface area (Å²) in [7, 11) is 1.47. The molecular weight excluding hydrogens is 296 g/mol. The van der Waals surface area contributed by atoms with Crippen LogP contribution in [0.3, 0.4) is 0 Å². The van der Waals surface area contributed by atoms with E-state index in [1.165, 1.54) is 11.3 Å². The zero-order chi connectivity index (χ0) is 10.9. The van der Waals surface area contributed by atoms with Crippen molar-refractivity contribution in [1.82, 2.24) is 0 Å². The van der Waals surface area contributed by atoms with Crippen LogP contribution in [0.1, 0.15) is 19.3 Å². The second kappa shape index (κ2) is 4.47. The zero-order valence-electron chi connectivity index (χ0n) is 8.29. The number of carbonyl (C=O) groups excluding carboxylic acids is 1. The highest BCUT2D eigenvalue weighted by Crippen LogP contribution is 2.50. The Morgan fingerprint density at radius 3 is 2.73 bits per heavy atom. The van der Waals surface area contributed by atoms with Gasteiger partial charge in [0.05, 0.1) is 15.1 Å². The Kier molecular flexibility index (Phi) is 3.42. The van der Waals surface area contributed by atoms with E-state index in [0.717, 1.165) is 23.0 Å². The fourth-order valence-corrected chi connectivity index (χ4v) is 5.11. The lowest BCUT2D eigenvalue weighted by atomic mass is 9.84. The molecule has 82 valence electrons. The van der Waals surface area contributed by atoms with Crippen molar-refractivity contribution in [3.05, 3.63) is 15.9 Å². The largest absolute Gasteiger partial charge is 0.468 e. The first-order valence-electron chi connectivity index (χ1n) is 4.69. The highest BCUT2D eigenvalue weighted by Gasteiger charge is 2.46. The maximum absolute atomic E-state index is 11.7. The van der Waals surface area contributed by atoms with Gasteiger partial charge in [-0.25, -0.2) is 0 Å². The summed E-state index contributed by atoms with van der Waals surface area (Å²) in [6, 6.07) is 4.05. The van der Waals surface area contributed by atoms with Crippen LogP contribution in [-0.2, 0) is 9.53 Å². The van der Waals surface area contributed by atoms with Gasteiger partial charge in [0.2, 0.25) is 0 Å². The normalized spacial score (nSPS) is 18.3. The van der Waals surface area contributed by atoms with Crippen molar-refractivity contribution < 1.29 is 9.53 Å². The molecule has 5 heteroatoms. The van der Waals surface area contributed by atoms with Crippen LogP contribution in [0.15, 0.2) is 20.1 Å². The van der Waals surface area contributed by atoms with Gasteiger partial charge < -0.3 is 4.74 Å². The molecule has 1 aliphatic carbocycles. The Labute approximate surface area is 106 Å².